The Labute approximate surface area is 158 Å². The van der Waals surface area contributed by atoms with Crippen LogP contribution in [0.25, 0.3) is 0 Å². The predicted octanol–water partition coefficient (Wildman–Crippen LogP) is 3.11. The molecule has 9 heteroatoms. The lowest BCUT2D eigenvalue weighted by Gasteiger charge is -2.20. The molecule has 0 atom stereocenters. The highest BCUT2D eigenvalue weighted by molar-refractivity contribution is 6.32. The molecule has 0 unspecified atom stereocenters. The summed E-state index contributed by atoms with van der Waals surface area (Å²) in [6.07, 6.45) is -0.141. The average Bonchev–Trinajstić information content (AvgIpc) is 2.59. The van der Waals surface area contributed by atoms with Crippen LogP contribution in [0.2, 0.25) is 5.02 Å². The van der Waals surface area contributed by atoms with Crippen molar-refractivity contribution < 1.29 is 32.6 Å². The molecule has 0 saturated heterocycles. The summed E-state index contributed by atoms with van der Waals surface area (Å²) < 4.78 is 41.8. The third-order valence-electron chi connectivity index (χ3n) is 3.52. The van der Waals surface area contributed by atoms with Gasteiger partial charge in [-0.2, -0.15) is 0 Å². The standard InChI is InChI=1S/C18H14ClF2NO5/c19-14-3-10(4-15-18(14)26-2-1-25-15)5-17(24)27-9-16(23)22-13-7-11(20)6-12(21)8-13/h3-4,6-8H,1-2,5,9H2,(H,22,23). The molecule has 6 nitrogen and oxygen atoms in total. The molecule has 3 rings (SSSR count). The molecule has 0 aromatic heterocycles. The maximum atomic E-state index is 13.1. The molecule has 0 radical (unpaired) electrons. The smallest absolute Gasteiger partial charge is 0.310 e. The fourth-order valence-corrected chi connectivity index (χ4v) is 2.74. The summed E-state index contributed by atoms with van der Waals surface area (Å²) in [5, 5.41) is 2.55. The molecular weight excluding hydrogens is 384 g/mol. The lowest BCUT2D eigenvalue weighted by molar-refractivity contribution is -0.146. The lowest BCUT2D eigenvalue weighted by atomic mass is 10.1. The van der Waals surface area contributed by atoms with Crippen molar-refractivity contribution in [1.82, 2.24) is 0 Å². The van der Waals surface area contributed by atoms with Crippen LogP contribution in [0.15, 0.2) is 30.3 Å². The first kappa shape index (κ1) is 18.9. The predicted molar refractivity (Wildman–Crippen MR) is 92.1 cm³/mol. The van der Waals surface area contributed by atoms with Gasteiger partial charge in [-0.3, -0.25) is 9.59 Å². The molecule has 1 heterocycles. The van der Waals surface area contributed by atoms with Crippen molar-refractivity contribution in [1.29, 1.82) is 0 Å². The highest BCUT2D eigenvalue weighted by Crippen LogP contribution is 2.38. The van der Waals surface area contributed by atoms with Crippen LogP contribution < -0.4 is 14.8 Å². The first-order valence-corrected chi connectivity index (χ1v) is 8.28. The lowest BCUT2D eigenvalue weighted by Crippen LogP contribution is -2.22. The number of carbonyl (C=O) groups is 2. The number of esters is 1. The maximum absolute atomic E-state index is 13.1. The highest BCUT2D eigenvalue weighted by Gasteiger charge is 2.18. The zero-order chi connectivity index (χ0) is 19.4. The number of hydrogen-bond donors (Lipinski definition) is 1. The molecule has 1 amide bonds. The van der Waals surface area contributed by atoms with Crippen molar-refractivity contribution in [3.05, 3.63) is 52.6 Å². The normalized spacial score (nSPS) is 12.4. The van der Waals surface area contributed by atoms with E-state index in [4.69, 9.17) is 25.8 Å². The largest absolute Gasteiger partial charge is 0.486 e. The van der Waals surface area contributed by atoms with Crippen LogP contribution in [0.5, 0.6) is 11.5 Å². The van der Waals surface area contributed by atoms with Gasteiger partial charge < -0.3 is 19.5 Å². The Bertz CT molecular complexity index is 870. The minimum absolute atomic E-state index is 0.0767. The summed E-state index contributed by atoms with van der Waals surface area (Å²) in [4.78, 5) is 23.7. The van der Waals surface area contributed by atoms with Gasteiger partial charge in [0.15, 0.2) is 18.1 Å². The van der Waals surface area contributed by atoms with Crippen LogP contribution in [0.3, 0.4) is 0 Å². The Kier molecular flexibility index (Phi) is 5.75. The Morgan fingerprint density at radius 2 is 1.78 bits per heavy atom. The Balaban J connectivity index is 1.53. The number of ether oxygens (including phenoxy) is 3. The molecule has 0 spiro atoms. The Hall–Kier alpha value is -2.87. The molecule has 142 valence electrons. The number of fused-ring (bicyclic) bond motifs is 1. The molecule has 0 aliphatic carbocycles. The van der Waals surface area contributed by atoms with Crippen LogP contribution in [0.1, 0.15) is 5.56 Å². The highest BCUT2D eigenvalue weighted by atomic mass is 35.5. The third kappa shape index (κ3) is 5.07. The average molecular weight is 398 g/mol. The van der Waals surface area contributed by atoms with Crippen molar-refractivity contribution in [2.75, 3.05) is 25.1 Å². The molecular formula is C18H14ClF2NO5. The number of anilines is 1. The Morgan fingerprint density at radius 3 is 2.52 bits per heavy atom. The molecule has 2 aromatic carbocycles. The van der Waals surface area contributed by atoms with Crippen LogP contribution in [-0.4, -0.2) is 31.7 Å². The van der Waals surface area contributed by atoms with Crippen molar-refractivity contribution in [2.45, 2.75) is 6.42 Å². The van der Waals surface area contributed by atoms with E-state index in [1.165, 1.54) is 0 Å². The monoisotopic (exact) mass is 397 g/mol. The van der Waals surface area contributed by atoms with Gasteiger partial charge in [0.25, 0.3) is 5.91 Å². The SMILES string of the molecule is O=C(COC(=O)Cc1cc(Cl)c2c(c1)OCCO2)Nc1cc(F)cc(F)c1. The maximum Gasteiger partial charge on any atom is 0.310 e. The zero-order valence-corrected chi connectivity index (χ0v) is 14.6. The molecule has 0 bridgehead atoms. The number of hydrogen-bond acceptors (Lipinski definition) is 5. The molecule has 0 fully saturated rings. The summed E-state index contributed by atoms with van der Waals surface area (Å²) in [6, 6.07) is 5.72. The van der Waals surface area contributed by atoms with Gasteiger partial charge in [0.2, 0.25) is 0 Å². The van der Waals surface area contributed by atoms with E-state index in [2.05, 4.69) is 5.32 Å². The fraction of sp³-hybridized carbons (Fsp3) is 0.222. The van der Waals surface area contributed by atoms with Gasteiger partial charge in [-0.15, -0.1) is 0 Å². The van der Waals surface area contributed by atoms with Gasteiger partial charge in [-0.1, -0.05) is 11.6 Å². The van der Waals surface area contributed by atoms with Crippen LogP contribution in [-0.2, 0) is 20.7 Å². The molecule has 1 aliphatic heterocycles. The molecule has 0 saturated carbocycles. The zero-order valence-electron chi connectivity index (χ0n) is 13.9. The summed E-state index contributed by atoms with van der Waals surface area (Å²) in [7, 11) is 0. The quantitative estimate of drug-likeness (QED) is 0.785. The molecule has 27 heavy (non-hydrogen) atoms. The summed E-state index contributed by atoms with van der Waals surface area (Å²) >= 11 is 6.09. The number of nitrogens with one attached hydrogen (secondary N) is 1. The van der Waals surface area contributed by atoms with Gasteiger partial charge in [-0.05, 0) is 29.8 Å². The van der Waals surface area contributed by atoms with E-state index in [0.717, 1.165) is 12.1 Å². The van der Waals surface area contributed by atoms with E-state index in [1.807, 2.05) is 0 Å². The van der Waals surface area contributed by atoms with E-state index >= 15 is 0 Å². The van der Waals surface area contributed by atoms with E-state index in [0.29, 0.717) is 41.4 Å². The van der Waals surface area contributed by atoms with Gasteiger partial charge >= 0.3 is 5.97 Å². The third-order valence-corrected chi connectivity index (χ3v) is 3.80. The Morgan fingerprint density at radius 1 is 1.07 bits per heavy atom. The fourth-order valence-electron chi connectivity index (χ4n) is 2.45. The van der Waals surface area contributed by atoms with Crippen LogP contribution in [0, 0.1) is 11.6 Å². The second-order valence-electron chi connectivity index (χ2n) is 5.65. The van der Waals surface area contributed by atoms with Gasteiger partial charge in [-0.25, -0.2) is 8.78 Å². The second kappa shape index (κ2) is 8.22. The van der Waals surface area contributed by atoms with E-state index in [9.17, 15) is 18.4 Å². The molecule has 1 N–H and O–H groups in total. The number of rotatable bonds is 5. The van der Waals surface area contributed by atoms with Gasteiger partial charge in [0.1, 0.15) is 24.8 Å². The molecule has 1 aliphatic rings. The summed E-state index contributed by atoms with van der Waals surface area (Å²) in [5.74, 6) is -2.23. The minimum Gasteiger partial charge on any atom is -0.486 e. The molecule has 2 aromatic rings. The number of carbonyl (C=O) groups excluding carboxylic acids is 2. The topological polar surface area (TPSA) is 73.9 Å². The van der Waals surface area contributed by atoms with Gasteiger partial charge in [0.05, 0.1) is 11.4 Å². The van der Waals surface area contributed by atoms with Crippen LogP contribution >= 0.6 is 11.6 Å². The number of halogens is 3. The number of benzene rings is 2. The van der Waals surface area contributed by atoms with E-state index in [1.54, 1.807) is 12.1 Å². The van der Waals surface area contributed by atoms with Crippen molar-refractivity contribution in [3.63, 3.8) is 0 Å². The summed E-state index contributed by atoms with van der Waals surface area (Å²) in [6.45, 7) is 0.158. The summed E-state index contributed by atoms with van der Waals surface area (Å²) in [5.41, 5.74) is 0.453. The first-order chi connectivity index (χ1) is 12.9. The van der Waals surface area contributed by atoms with E-state index < -0.39 is 30.1 Å². The van der Waals surface area contributed by atoms with Gasteiger partial charge in [0, 0.05) is 11.8 Å². The minimum atomic E-state index is -0.835. The van der Waals surface area contributed by atoms with E-state index in [-0.39, 0.29) is 12.1 Å². The first-order valence-electron chi connectivity index (χ1n) is 7.90. The van der Waals surface area contributed by atoms with Crippen molar-refractivity contribution >= 4 is 29.2 Å². The second-order valence-corrected chi connectivity index (χ2v) is 6.05. The van der Waals surface area contributed by atoms with Crippen molar-refractivity contribution in [2.24, 2.45) is 0 Å². The number of amides is 1. The van der Waals surface area contributed by atoms with Crippen molar-refractivity contribution in [3.8, 4) is 11.5 Å². The van der Waals surface area contributed by atoms with Crippen LogP contribution in [0.4, 0.5) is 14.5 Å².